The monoisotopic (exact) mass is 215 g/mol. The zero-order valence-corrected chi connectivity index (χ0v) is 8.86. The molecule has 3 N–H and O–H groups in total. The van der Waals surface area contributed by atoms with Crippen molar-refractivity contribution in [2.24, 2.45) is 5.73 Å². The molecule has 1 rings (SSSR count). The molecular weight excluding hydrogens is 198 g/mol. The first-order valence-electron chi connectivity index (χ1n) is 5.03. The lowest BCUT2D eigenvalue weighted by atomic mass is 10.2. The zero-order valence-electron chi connectivity index (χ0n) is 8.86. The summed E-state index contributed by atoms with van der Waals surface area (Å²) in [5, 5.41) is 3.04. The van der Waals surface area contributed by atoms with Crippen LogP contribution < -0.4 is 11.1 Å². The number of amides is 2. The maximum Gasteiger partial charge on any atom is 0.242 e. The van der Waals surface area contributed by atoms with Crippen molar-refractivity contribution < 1.29 is 14.3 Å². The summed E-state index contributed by atoms with van der Waals surface area (Å²) in [7, 11) is 0. The second kappa shape index (κ2) is 5.67. The second-order valence-corrected chi connectivity index (χ2v) is 3.40. The molecule has 0 aliphatic carbocycles. The number of carbonyl (C=O) groups is 2. The topological polar surface area (TPSA) is 84.7 Å². The SMILES string of the molecule is CCN(CC(N)=O)C(=O)C1COCCN1. The average Bonchev–Trinajstić information content (AvgIpc) is 2.26. The van der Waals surface area contributed by atoms with Crippen LogP contribution in [0.1, 0.15) is 6.92 Å². The largest absolute Gasteiger partial charge is 0.378 e. The van der Waals surface area contributed by atoms with Gasteiger partial charge in [0.15, 0.2) is 0 Å². The fourth-order valence-electron chi connectivity index (χ4n) is 1.48. The first-order chi connectivity index (χ1) is 7.15. The number of rotatable bonds is 4. The number of hydrogen-bond acceptors (Lipinski definition) is 4. The van der Waals surface area contributed by atoms with E-state index in [1.165, 1.54) is 4.90 Å². The molecule has 6 nitrogen and oxygen atoms in total. The molecule has 15 heavy (non-hydrogen) atoms. The molecule has 1 saturated heterocycles. The van der Waals surface area contributed by atoms with Gasteiger partial charge in [-0.15, -0.1) is 0 Å². The minimum atomic E-state index is -0.498. The first kappa shape index (κ1) is 11.9. The van der Waals surface area contributed by atoms with Crippen molar-refractivity contribution in [3.05, 3.63) is 0 Å². The summed E-state index contributed by atoms with van der Waals surface area (Å²) in [5.41, 5.74) is 5.05. The lowest BCUT2D eigenvalue weighted by Gasteiger charge is -2.28. The van der Waals surface area contributed by atoms with Crippen LogP contribution in [0.15, 0.2) is 0 Å². The van der Waals surface area contributed by atoms with Crippen LogP contribution in [0.3, 0.4) is 0 Å². The van der Waals surface area contributed by atoms with Gasteiger partial charge in [0.05, 0.1) is 19.8 Å². The average molecular weight is 215 g/mol. The Morgan fingerprint density at radius 1 is 1.60 bits per heavy atom. The van der Waals surface area contributed by atoms with Crippen LogP contribution in [0.2, 0.25) is 0 Å². The highest BCUT2D eigenvalue weighted by atomic mass is 16.5. The minimum Gasteiger partial charge on any atom is -0.378 e. The van der Waals surface area contributed by atoms with Crippen LogP contribution in [-0.4, -0.2) is 55.6 Å². The number of primary amides is 1. The van der Waals surface area contributed by atoms with E-state index in [1.54, 1.807) is 0 Å². The molecule has 1 heterocycles. The van der Waals surface area contributed by atoms with E-state index in [0.717, 1.165) is 0 Å². The normalized spacial score (nSPS) is 21.0. The molecule has 0 aromatic carbocycles. The summed E-state index contributed by atoms with van der Waals surface area (Å²) >= 11 is 0. The van der Waals surface area contributed by atoms with Gasteiger partial charge >= 0.3 is 0 Å². The highest BCUT2D eigenvalue weighted by molar-refractivity contribution is 5.87. The molecule has 1 aliphatic rings. The van der Waals surface area contributed by atoms with Crippen molar-refractivity contribution in [1.29, 1.82) is 0 Å². The van der Waals surface area contributed by atoms with Crippen LogP contribution in [-0.2, 0) is 14.3 Å². The Morgan fingerprint density at radius 3 is 2.80 bits per heavy atom. The third kappa shape index (κ3) is 3.49. The number of ether oxygens (including phenoxy) is 1. The van der Waals surface area contributed by atoms with E-state index in [4.69, 9.17) is 10.5 Å². The molecule has 2 amide bonds. The lowest BCUT2D eigenvalue weighted by Crippen LogP contribution is -2.53. The Hall–Kier alpha value is -1.14. The molecule has 6 heteroatoms. The van der Waals surface area contributed by atoms with Gasteiger partial charge in [-0.1, -0.05) is 0 Å². The van der Waals surface area contributed by atoms with E-state index in [1.807, 2.05) is 6.92 Å². The van der Waals surface area contributed by atoms with E-state index in [0.29, 0.717) is 26.3 Å². The van der Waals surface area contributed by atoms with Crippen LogP contribution in [0, 0.1) is 0 Å². The maximum atomic E-state index is 11.8. The highest BCUT2D eigenvalue weighted by Gasteiger charge is 2.25. The third-order valence-electron chi connectivity index (χ3n) is 2.26. The summed E-state index contributed by atoms with van der Waals surface area (Å²) < 4.78 is 5.18. The van der Waals surface area contributed by atoms with Gasteiger partial charge in [0.2, 0.25) is 11.8 Å². The number of hydrogen-bond donors (Lipinski definition) is 2. The Morgan fingerprint density at radius 2 is 2.33 bits per heavy atom. The Kier molecular flexibility index (Phi) is 4.51. The molecule has 0 aromatic heterocycles. The Bertz CT molecular complexity index is 239. The van der Waals surface area contributed by atoms with Crippen molar-refractivity contribution in [3.8, 4) is 0 Å². The van der Waals surface area contributed by atoms with E-state index in [2.05, 4.69) is 5.32 Å². The molecule has 1 aliphatic heterocycles. The number of nitrogens with one attached hydrogen (secondary N) is 1. The van der Waals surface area contributed by atoms with Crippen LogP contribution in [0.25, 0.3) is 0 Å². The van der Waals surface area contributed by atoms with Crippen LogP contribution >= 0.6 is 0 Å². The predicted octanol–water partition coefficient (Wildman–Crippen LogP) is -1.69. The number of nitrogens with zero attached hydrogens (tertiary/aromatic N) is 1. The molecule has 1 fully saturated rings. The van der Waals surface area contributed by atoms with Crippen molar-refractivity contribution in [2.75, 3.05) is 32.8 Å². The molecule has 0 saturated carbocycles. The van der Waals surface area contributed by atoms with E-state index < -0.39 is 5.91 Å². The zero-order chi connectivity index (χ0) is 11.3. The molecule has 0 spiro atoms. The number of carbonyl (C=O) groups excluding carboxylic acids is 2. The number of likely N-dealkylation sites (N-methyl/N-ethyl adjacent to an activating group) is 1. The van der Waals surface area contributed by atoms with E-state index >= 15 is 0 Å². The Balaban J connectivity index is 2.50. The fourth-order valence-corrected chi connectivity index (χ4v) is 1.48. The van der Waals surface area contributed by atoms with Gasteiger partial charge in [0, 0.05) is 13.1 Å². The van der Waals surface area contributed by atoms with Gasteiger partial charge in [-0.3, -0.25) is 9.59 Å². The standard InChI is InChI=1S/C9H17N3O3/c1-2-12(5-8(10)13)9(14)7-6-15-4-3-11-7/h7,11H,2-6H2,1H3,(H2,10,13). The van der Waals surface area contributed by atoms with Gasteiger partial charge in [-0.2, -0.15) is 0 Å². The Labute approximate surface area is 88.7 Å². The van der Waals surface area contributed by atoms with Crippen molar-refractivity contribution in [3.63, 3.8) is 0 Å². The lowest BCUT2D eigenvalue weighted by molar-refractivity contribution is -0.139. The van der Waals surface area contributed by atoms with Crippen molar-refractivity contribution >= 4 is 11.8 Å². The molecule has 1 atom stereocenters. The van der Waals surface area contributed by atoms with E-state index in [9.17, 15) is 9.59 Å². The first-order valence-corrected chi connectivity index (χ1v) is 5.03. The minimum absolute atomic E-state index is 0.0342. The maximum absolute atomic E-state index is 11.8. The summed E-state index contributed by atoms with van der Waals surface area (Å²) in [6.45, 7) is 3.88. The smallest absolute Gasteiger partial charge is 0.242 e. The summed E-state index contributed by atoms with van der Waals surface area (Å²) in [4.78, 5) is 24.0. The molecule has 0 aromatic rings. The van der Waals surface area contributed by atoms with Crippen LogP contribution in [0.5, 0.6) is 0 Å². The van der Waals surface area contributed by atoms with Gasteiger partial charge in [-0.25, -0.2) is 0 Å². The predicted molar refractivity (Wildman–Crippen MR) is 54.1 cm³/mol. The van der Waals surface area contributed by atoms with Crippen molar-refractivity contribution in [2.45, 2.75) is 13.0 Å². The van der Waals surface area contributed by atoms with Crippen LogP contribution in [0.4, 0.5) is 0 Å². The third-order valence-corrected chi connectivity index (χ3v) is 2.26. The van der Waals surface area contributed by atoms with Gasteiger partial charge < -0.3 is 20.7 Å². The molecule has 86 valence electrons. The second-order valence-electron chi connectivity index (χ2n) is 3.40. The molecular formula is C9H17N3O3. The summed E-state index contributed by atoms with van der Waals surface area (Å²) in [5.74, 6) is -0.627. The summed E-state index contributed by atoms with van der Waals surface area (Å²) in [6, 6.07) is -0.349. The number of nitrogens with two attached hydrogens (primary N) is 1. The van der Waals surface area contributed by atoms with Gasteiger partial charge in [-0.05, 0) is 6.92 Å². The summed E-state index contributed by atoms with van der Waals surface area (Å²) in [6.07, 6.45) is 0. The molecule has 1 unspecified atom stereocenters. The van der Waals surface area contributed by atoms with Gasteiger partial charge in [0.1, 0.15) is 6.04 Å². The fraction of sp³-hybridized carbons (Fsp3) is 0.778. The number of morpholine rings is 1. The highest BCUT2D eigenvalue weighted by Crippen LogP contribution is 1.99. The van der Waals surface area contributed by atoms with E-state index in [-0.39, 0.29) is 18.5 Å². The quantitative estimate of drug-likeness (QED) is 0.586. The van der Waals surface area contributed by atoms with Gasteiger partial charge in [0.25, 0.3) is 0 Å². The van der Waals surface area contributed by atoms with Crippen molar-refractivity contribution in [1.82, 2.24) is 10.2 Å². The molecule has 0 radical (unpaired) electrons. The molecule has 0 bridgehead atoms.